The second-order valence-electron chi connectivity index (χ2n) is 5.83. The van der Waals surface area contributed by atoms with E-state index >= 15 is 0 Å². The van der Waals surface area contributed by atoms with E-state index in [2.05, 4.69) is 10.2 Å². The maximum absolute atomic E-state index is 12.7. The van der Waals surface area contributed by atoms with Crippen molar-refractivity contribution in [1.29, 1.82) is 0 Å². The van der Waals surface area contributed by atoms with E-state index in [9.17, 15) is 4.79 Å². The molecular weight excluding hydrogens is 324 g/mol. The van der Waals surface area contributed by atoms with E-state index in [1.165, 1.54) is 0 Å². The summed E-state index contributed by atoms with van der Waals surface area (Å²) in [4.78, 5) is 15.0. The second kappa shape index (κ2) is 8.29. The predicted octanol–water partition coefficient (Wildman–Crippen LogP) is 3.14. The van der Waals surface area contributed by atoms with Crippen LogP contribution in [0, 0.1) is 0 Å². The Labute approximate surface area is 147 Å². The van der Waals surface area contributed by atoms with Crippen molar-refractivity contribution in [2.75, 3.05) is 32.8 Å². The SMILES string of the molecule is O=C(NC(CN1CCOCC1)c1ccccc1)c1ccccc1Cl. The fourth-order valence-electron chi connectivity index (χ4n) is 2.84. The summed E-state index contributed by atoms with van der Waals surface area (Å²) in [6.45, 7) is 3.99. The lowest BCUT2D eigenvalue weighted by Crippen LogP contribution is -2.43. The predicted molar refractivity (Wildman–Crippen MR) is 95.4 cm³/mol. The van der Waals surface area contributed by atoms with Gasteiger partial charge in [-0.15, -0.1) is 0 Å². The molecule has 4 nitrogen and oxygen atoms in total. The van der Waals surface area contributed by atoms with E-state index in [1.807, 2.05) is 42.5 Å². The van der Waals surface area contributed by atoms with Gasteiger partial charge in [0.25, 0.3) is 5.91 Å². The fraction of sp³-hybridized carbons (Fsp3) is 0.316. The molecule has 126 valence electrons. The molecule has 1 aliphatic rings. The number of amides is 1. The van der Waals surface area contributed by atoms with Crippen LogP contribution in [0.15, 0.2) is 54.6 Å². The minimum atomic E-state index is -0.150. The number of benzene rings is 2. The zero-order chi connectivity index (χ0) is 16.8. The summed E-state index contributed by atoms with van der Waals surface area (Å²) in [7, 11) is 0. The summed E-state index contributed by atoms with van der Waals surface area (Å²) < 4.78 is 5.41. The average molecular weight is 345 g/mol. The highest BCUT2D eigenvalue weighted by molar-refractivity contribution is 6.33. The average Bonchev–Trinajstić information content (AvgIpc) is 2.63. The quantitative estimate of drug-likeness (QED) is 0.906. The molecule has 0 saturated carbocycles. The Morgan fingerprint density at radius 3 is 2.46 bits per heavy atom. The molecular formula is C19H21ClN2O2. The molecule has 0 aliphatic carbocycles. The molecule has 3 rings (SSSR count). The molecule has 0 radical (unpaired) electrons. The van der Waals surface area contributed by atoms with Crippen LogP contribution < -0.4 is 5.32 Å². The molecule has 0 bridgehead atoms. The first kappa shape index (κ1) is 17.0. The third-order valence-corrected chi connectivity index (χ3v) is 4.50. The number of rotatable bonds is 5. The second-order valence-corrected chi connectivity index (χ2v) is 6.24. The van der Waals surface area contributed by atoms with Crippen LogP contribution in [0.5, 0.6) is 0 Å². The summed E-state index contributed by atoms with van der Waals surface area (Å²) >= 11 is 6.15. The molecule has 1 saturated heterocycles. The molecule has 1 fully saturated rings. The van der Waals surface area contributed by atoms with Gasteiger partial charge in [0.05, 0.1) is 29.8 Å². The third-order valence-electron chi connectivity index (χ3n) is 4.17. The van der Waals surface area contributed by atoms with Crippen LogP contribution in [0.3, 0.4) is 0 Å². The van der Waals surface area contributed by atoms with Crippen LogP contribution in [-0.4, -0.2) is 43.7 Å². The summed E-state index contributed by atoms with van der Waals surface area (Å²) in [6, 6.07) is 17.1. The highest BCUT2D eigenvalue weighted by atomic mass is 35.5. The number of ether oxygens (including phenoxy) is 1. The summed E-state index contributed by atoms with van der Waals surface area (Å²) in [5.41, 5.74) is 1.59. The van der Waals surface area contributed by atoms with Crippen molar-refractivity contribution < 1.29 is 9.53 Å². The van der Waals surface area contributed by atoms with Gasteiger partial charge < -0.3 is 10.1 Å². The number of halogens is 1. The summed E-state index contributed by atoms with van der Waals surface area (Å²) in [5.74, 6) is -0.150. The van der Waals surface area contributed by atoms with Gasteiger partial charge >= 0.3 is 0 Å². The molecule has 1 N–H and O–H groups in total. The number of carbonyl (C=O) groups excluding carboxylic acids is 1. The number of nitrogens with zero attached hydrogens (tertiary/aromatic N) is 1. The van der Waals surface area contributed by atoms with Gasteiger partial charge in [-0.25, -0.2) is 0 Å². The number of nitrogens with one attached hydrogen (secondary N) is 1. The Kier molecular flexibility index (Phi) is 5.86. The molecule has 2 aromatic carbocycles. The molecule has 0 aromatic heterocycles. The van der Waals surface area contributed by atoms with E-state index in [1.54, 1.807) is 12.1 Å². The van der Waals surface area contributed by atoms with Crippen molar-refractivity contribution in [3.05, 3.63) is 70.7 Å². The van der Waals surface area contributed by atoms with Gasteiger partial charge in [-0.2, -0.15) is 0 Å². The third kappa shape index (κ3) is 4.35. The van der Waals surface area contributed by atoms with Crippen molar-refractivity contribution in [1.82, 2.24) is 10.2 Å². The van der Waals surface area contributed by atoms with E-state index in [0.717, 1.165) is 38.4 Å². The number of carbonyl (C=O) groups is 1. The lowest BCUT2D eigenvalue weighted by Gasteiger charge is -2.31. The smallest absolute Gasteiger partial charge is 0.253 e. The Bertz CT molecular complexity index is 672. The van der Waals surface area contributed by atoms with Gasteiger partial charge in [-0.1, -0.05) is 54.1 Å². The fourth-order valence-corrected chi connectivity index (χ4v) is 3.06. The van der Waals surface area contributed by atoms with Gasteiger partial charge in [0.1, 0.15) is 0 Å². The highest BCUT2D eigenvalue weighted by Gasteiger charge is 2.21. The van der Waals surface area contributed by atoms with Crippen molar-refractivity contribution in [2.24, 2.45) is 0 Å². The van der Waals surface area contributed by atoms with Gasteiger partial charge in [0, 0.05) is 19.6 Å². The van der Waals surface area contributed by atoms with Crippen LogP contribution >= 0.6 is 11.6 Å². The first-order valence-corrected chi connectivity index (χ1v) is 8.52. The van der Waals surface area contributed by atoms with Crippen LogP contribution in [0.4, 0.5) is 0 Å². The molecule has 5 heteroatoms. The van der Waals surface area contributed by atoms with Gasteiger partial charge in [0.2, 0.25) is 0 Å². The van der Waals surface area contributed by atoms with Gasteiger partial charge in [0.15, 0.2) is 0 Å². The standard InChI is InChI=1S/C19H21ClN2O2/c20-17-9-5-4-8-16(17)19(23)21-18(15-6-2-1-3-7-15)14-22-10-12-24-13-11-22/h1-9,18H,10-14H2,(H,21,23). The minimum absolute atomic E-state index is 0.0897. The van der Waals surface area contributed by atoms with Crippen molar-refractivity contribution in [2.45, 2.75) is 6.04 Å². The summed E-state index contributed by atoms with van der Waals surface area (Å²) in [6.07, 6.45) is 0. The molecule has 1 unspecified atom stereocenters. The molecule has 1 aliphatic heterocycles. The largest absolute Gasteiger partial charge is 0.379 e. The first-order valence-electron chi connectivity index (χ1n) is 8.14. The van der Waals surface area contributed by atoms with Crippen LogP contribution in [0.1, 0.15) is 22.0 Å². The van der Waals surface area contributed by atoms with E-state index < -0.39 is 0 Å². The van der Waals surface area contributed by atoms with Gasteiger partial charge in [-0.3, -0.25) is 9.69 Å². The lowest BCUT2D eigenvalue weighted by molar-refractivity contribution is 0.0332. The van der Waals surface area contributed by atoms with Crippen LogP contribution in [0.25, 0.3) is 0 Å². The van der Waals surface area contributed by atoms with Crippen molar-refractivity contribution >= 4 is 17.5 Å². The first-order chi connectivity index (χ1) is 11.7. The minimum Gasteiger partial charge on any atom is -0.379 e. The van der Waals surface area contributed by atoms with E-state index in [-0.39, 0.29) is 11.9 Å². The molecule has 2 aromatic rings. The molecule has 1 heterocycles. The van der Waals surface area contributed by atoms with E-state index in [0.29, 0.717) is 10.6 Å². The number of morpholine rings is 1. The monoisotopic (exact) mass is 344 g/mol. The maximum Gasteiger partial charge on any atom is 0.253 e. The molecule has 1 amide bonds. The Hall–Kier alpha value is -1.88. The highest BCUT2D eigenvalue weighted by Crippen LogP contribution is 2.19. The van der Waals surface area contributed by atoms with Crippen LogP contribution in [0.2, 0.25) is 5.02 Å². The maximum atomic E-state index is 12.7. The van der Waals surface area contributed by atoms with Crippen LogP contribution in [-0.2, 0) is 4.74 Å². The number of hydrogen-bond donors (Lipinski definition) is 1. The number of hydrogen-bond acceptors (Lipinski definition) is 3. The Morgan fingerprint density at radius 2 is 1.75 bits per heavy atom. The van der Waals surface area contributed by atoms with Gasteiger partial charge in [-0.05, 0) is 17.7 Å². The molecule has 24 heavy (non-hydrogen) atoms. The molecule has 1 atom stereocenters. The lowest BCUT2D eigenvalue weighted by atomic mass is 10.1. The zero-order valence-electron chi connectivity index (χ0n) is 13.5. The topological polar surface area (TPSA) is 41.6 Å². The Balaban J connectivity index is 1.76. The zero-order valence-corrected chi connectivity index (χ0v) is 14.2. The normalized spacial score (nSPS) is 16.5. The summed E-state index contributed by atoms with van der Waals surface area (Å²) in [5, 5.41) is 3.60. The van der Waals surface area contributed by atoms with Crippen molar-refractivity contribution in [3.8, 4) is 0 Å². The van der Waals surface area contributed by atoms with E-state index in [4.69, 9.17) is 16.3 Å². The van der Waals surface area contributed by atoms with Crippen molar-refractivity contribution in [3.63, 3.8) is 0 Å². The Morgan fingerprint density at radius 1 is 1.08 bits per heavy atom. The molecule has 0 spiro atoms.